The molecule has 28 heavy (non-hydrogen) atoms. The molecule has 0 radical (unpaired) electrons. The van der Waals surface area contributed by atoms with E-state index in [0.29, 0.717) is 17.0 Å². The maximum Gasteiger partial charge on any atom is 0.274 e. The van der Waals surface area contributed by atoms with Gasteiger partial charge in [0.15, 0.2) is 0 Å². The van der Waals surface area contributed by atoms with Crippen molar-refractivity contribution >= 4 is 17.5 Å². The Labute approximate surface area is 162 Å². The predicted octanol–water partition coefficient (Wildman–Crippen LogP) is 3.66. The van der Waals surface area contributed by atoms with Crippen molar-refractivity contribution in [3.63, 3.8) is 0 Å². The van der Waals surface area contributed by atoms with Crippen LogP contribution in [0.5, 0.6) is 5.75 Å². The number of hydrogen-bond acceptors (Lipinski definition) is 4. The number of benzene rings is 3. The number of methoxy groups -OCH3 is 1. The molecule has 0 aliphatic heterocycles. The van der Waals surface area contributed by atoms with E-state index in [9.17, 15) is 9.59 Å². The fourth-order valence-corrected chi connectivity index (χ4v) is 2.85. The molecule has 0 atom stereocenters. The summed E-state index contributed by atoms with van der Waals surface area (Å²) in [6.45, 7) is 0. The molecule has 0 heterocycles. The van der Waals surface area contributed by atoms with Gasteiger partial charge in [-0.05, 0) is 41.5 Å². The Bertz CT molecular complexity index is 970. The zero-order valence-electron chi connectivity index (χ0n) is 15.3. The Balaban J connectivity index is 1.70. The van der Waals surface area contributed by atoms with E-state index in [1.807, 2.05) is 48.5 Å². The van der Waals surface area contributed by atoms with Gasteiger partial charge in [-0.3, -0.25) is 14.8 Å². The lowest BCUT2D eigenvalue weighted by Gasteiger charge is -2.12. The van der Waals surface area contributed by atoms with Crippen molar-refractivity contribution in [3.8, 4) is 16.9 Å². The third-order valence-electron chi connectivity index (χ3n) is 4.28. The fourth-order valence-electron chi connectivity index (χ4n) is 2.85. The number of anilines is 1. The number of rotatable bonds is 6. The van der Waals surface area contributed by atoms with E-state index in [1.54, 1.807) is 24.7 Å². The number of carbonyl (C=O) groups excluding carboxylic acids is 2. The van der Waals surface area contributed by atoms with Gasteiger partial charge in [-0.2, -0.15) is 0 Å². The van der Waals surface area contributed by atoms with Crippen LogP contribution in [0.2, 0.25) is 0 Å². The molecule has 0 saturated carbocycles. The molecule has 0 fully saturated rings. The van der Waals surface area contributed by atoms with Crippen LogP contribution in [-0.2, 0) is 11.2 Å². The van der Waals surface area contributed by atoms with E-state index in [-0.39, 0.29) is 12.3 Å². The molecule has 0 aliphatic carbocycles. The highest BCUT2D eigenvalue weighted by molar-refractivity contribution is 5.95. The van der Waals surface area contributed by atoms with Crippen LogP contribution in [-0.4, -0.2) is 24.1 Å². The molecule has 0 unspecified atom stereocenters. The van der Waals surface area contributed by atoms with Gasteiger partial charge in [-0.15, -0.1) is 0 Å². The minimum Gasteiger partial charge on any atom is -0.496 e. The van der Waals surface area contributed by atoms with Crippen LogP contribution < -0.4 is 15.5 Å². The lowest BCUT2D eigenvalue weighted by atomic mass is 10.0. The molecular formula is C22H20N2O4. The number of carbonyl (C=O) groups is 2. The molecule has 2 amide bonds. The standard InChI is InChI=1S/C22H20N2O4/c1-28-20-13-17(15-5-3-2-4-6-15)7-8-18(20)14-21(25)23-19-11-9-16(10-12-19)22(26)24-27/h2-13,27H,14H2,1H3,(H,23,25)(H,24,26). The van der Waals surface area contributed by atoms with Crippen molar-refractivity contribution in [1.29, 1.82) is 0 Å². The zero-order chi connectivity index (χ0) is 19.9. The van der Waals surface area contributed by atoms with Gasteiger partial charge in [0.05, 0.1) is 13.5 Å². The Morgan fingerprint density at radius 2 is 1.64 bits per heavy atom. The van der Waals surface area contributed by atoms with Crippen molar-refractivity contribution in [2.24, 2.45) is 0 Å². The monoisotopic (exact) mass is 376 g/mol. The summed E-state index contributed by atoms with van der Waals surface area (Å²) in [7, 11) is 1.58. The average molecular weight is 376 g/mol. The van der Waals surface area contributed by atoms with Crippen molar-refractivity contribution in [1.82, 2.24) is 5.48 Å². The molecule has 142 valence electrons. The quantitative estimate of drug-likeness (QED) is 0.453. The van der Waals surface area contributed by atoms with Crippen LogP contribution in [0.1, 0.15) is 15.9 Å². The molecule has 0 aromatic heterocycles. The smallest absolute Gasteiger partial charge is 0.274 e. The van der Waals surface area contributed by atoms with E-state index in [4.69, 9.17) is 9.94 Å². The van der Waals surface area contributed by atoms with Crippen LogP contribution in [0.25, 0.3) is 11.1 Å². The molecule has 3 N–H and O–H groups in total. The summed E-state index contributed by atoms with van der Waals surface area (Å²) in [6.07, 6.45) is 0.150. The molecule has 0 spiro atoms. The van der Waals surface area contributed by atoms with E-state index in [1.165, 1.54) is 12.1 Å². The third-order valence-corrected chi connectivity index (χ3v) is 4.28. The maximum absolute atomic E-state index is 12.4. The van der Waals surface area contributed by atoms with Crippen LogP contribution in [0, 0.1) is 0 Å². The highest BCUT2D eigenvalue weighted by Gasteiger charge is 2.11. The summed E-state index contributed by atoms with van der Waals surface area (Å²) in [4.78, 5) is 23.7. The Morgan fingerprint density at radius 1 is 0.929 bits per heavy atom. The normalized spacial score (nSPS) is 10.2. The van der Waals surface area contributed by atoms with E-state index in [2.05, 4.69) is 5.32 Å². The molecular weight excluding hydrogens is 356 g/mol. The Kier molecular flexibility index (Phi) is 6.04. The number of amides is 2. The first-order chi connectivity index (χ1) is 13.6. The first-order valence-corrected chi connectivity index (χ1v) is 8.67. The zero-order valence-corrected chi connectivity index (χ0v) is 15.3. The summed E-state index contributed by atoms with van der Waals surface area (Å²) in [5.74, 6) is -0.169. The summed E-state index contributed by atoms with van der Waals surface area (Å²) >= 11 is 0. The molecule has 3 rings (SSSR count). The fraction of sp³-hybridized carbons (Fsp3) is 0.0909. The second-order valence-electron chi connectivity index (χ2n) is 6.14. The van der Waals surface area contributed by atoms with Gasteiger partial charge in [0.1, 0.15) is 5.75 Å². The van der Waals surface area contributed by atoms with Gasteiger partial charge in [-0.25, -0.2) is 5.48 Å². The number of hydrogen-bond donors (Lipinski definition) is 3. The minimum absolute atomic E-state index is 0.150. The molecule has 3 aromatic rings. The minimum atomic E-state index is -0.610. The number of ether oxygens (including phenoxy) is 1. The van der Waals surface area contributed by atoms with Crippen LogP contribution >= 0.6 is 0 Å². The van der Waals surface area contributed by atoms with Gasteiger partial charge in [-0.1, -0.05) is 42.5 Å². The molecule has 0 bridgehead atoms. The molecule has 6 nitrogen and oxygen atoms in total. The number of hydroxylamine groups is 1. The predicted molar refractivity (Wildman–Crippen MR) is 106 cm³/mol. The lowest BCUT2D eigenvalue weighted by Crippen LogP contribution is -2.19. The van der Waals surface area contributed by atoms with E-state index >= 15 is 0 Å². The molecule has 0 saturated heterocycles. The third kappa shape index (κ3) is 4.55. The summed E-state index contributed by atoms with van der Waals surface area (Å²) in [6, 6.07) is 21.9. The second-order valence-corrected chi connectivity index (χ2v) is 6.14. The van der Waals surface area contributed by atoms with Crippen molar-refractivity contribution in [3.05, 3.63) is 83.9 Å². The van der Waals surface area contributed by atoms with Crippen LogP contribution in [0.3, 0.4) is 0 Å². The van der Waals surface area contributed by atoms with Crippen molar-refractivity contribution in [2.75, 3.05) is 12.4 Å². The average Bonchev–Trinajstić information content (AvgIpc) is 2.74. The van der Waals surface area contributed by atoms with Crippen molar-refractivity contribution in [2.45, 2.75) is 6.42 Å². The molecule has 6 heteroatoms. The summed E-state index contributed by atoms with van der Waals surface area (Å²) in [5.41, 5.74) is 5.27. The highest BCUT2D eigenvalue weighted by atomic mass is 16.5. The van der Waals surface area contributed by atoms with E-state index in [0.717, 1.165) is 16.7 Å². The summed E-state index contributed by atoms with van der Waals surface area (Å²) < 4.78 is 5.46. The molecule has 0 aliphatic rings. The van der Waals surface area contributed by atoms with Gasteiger partial charge in [0.25, 0.3) is 5.91 Å². The first kappa shape index (κ1) is 19.1. The van der Waals surface area contributed by atoms with E-state index < -0.39 is 5.91 Å². The lowest BCUT2D eigenvalue weighted by molar-refractivity contribution is -0.115. The topological polar surface area (TPSA) is 87.7 Å². The Morgan fingerprint density at radius 3 is 2.29 bits per heavy atom. The van der Waals surface area contributed by atoms with Crippen LogP contribution in [0.15, 0.2) is 72.8 Å². The molecule has 3 aromatic carbocycles. The summed E-state index contributed by atoms with van der Waals surface area (Å²) in [5, 5.41) is 11.4. The van der Waals surface area contributed by atoms with Gasteiger partial charge >= 0.3 is 0 Å². The SMILES string of the molecule is COc1cc(-c2ccccc2)ccc1CC(=O)Nc1ccc(C(=O)NO)cc1. The second kappa shape index (κ2) is 8.83. The maximum atomic E-state index is 12.4. The highest BCUT2D eigenvalue weighted by Crippen LogP contribution is 2.27. The van der Waals surface area contributed by atoms with Gasteiger partial charge in [0, 0.05) is 16.8 Å². The first-order valence-electron chi connectivity index (χ1n) is 8.67. The van der Waals surface area contributed by atoms with Gasteiger partial charge < -0.3 is 10.1 Å². The van der Waals surface area contributed by atoms with Crippen LogP contribution in [0.4, 0.5) is 5.69 Å². The largest absolute Gasteiger partial charge is 0.496 e. The van der Waals surface area contributed by atoms with Gasteiger partial charge in [0.2, 0.25) is 5.91 Å². The van der Waals surface area contributed by atoms with Crippen molar-refractivity contribution < 1.29 is 19.5 Å². The Hall–Kier alpha value is -3.64. The number of nitrogens with one attached hydrogen (secondary N) is 2.